The monoisotopic (exact) mass is 384 g/mol. The number of amides is 2. The van der Waals surface area contributed by atoms with Gasteiger partial charge in [-0.1, -0.05) is 29.4 Å². The van der Waals surface area contributed by atoms with Gasteiger partial charge in [-0.25, -0.2) is 13.6 Å². The van der Waals surface area contributed by atoms with Crippen LogP contribution in [0.2, 0.25) is 0 Å². The van der Waals surface area contributed by atoms with Gasteiger partial charge in [0, 0.05) is 18.2 Å². The van der Waals surface area contributed by atoms with Crippen LogP contribution < -0.4 is 5.32 Å². The van der Waals surface area contributed by atoms with E-state index in [1.165, 1.54) is 4.90 Å². The lowest BCUT2D eigenvalue weighted by Gasteiger charge is -2.22. The number of benzene rings is 2. The number of aryl methyl sites for hydroxylation is 1. The van der Waals surface area contributed by atoms with Crippen molar-refractivity contribution in [3.8, 4) is 11.4 Å². The number of carbonyl (C=O) groups is 1. The summed E-state index contributed by atoms with van der Waals surface area (Å²) in [5.74, 6) is -0.554. The minimum atomic E-state index is -0.704. The molecule has 0 bridgehead atoms. The molecule has 1 aliphatic rings. The molecule has 1 aliphatic heterocycles. The van der Waals surface area contributed by atoms with E-state index < -0.39 is 23.7 Å². The van der Waals surface area contributed by atoms with Gasteiger partial charge in [0.1, 0.15) is 17.7 Å². The SMILES string of the molecule is Cc1ccccc1-c1noc([C@H]2CCCN2C(=O)Nc2cc(F)ccc2F)n1. The van der Waals surface area contributed by atoms with E-state index in [4.69, 9.17) is 4.52 Å². The molecular weight excluding hydrogens is 366 g/mol. The molecule has 1 atom stereocenters. The van der Waals surface area contributed by atoms with Crippen LogP contribution in [0.25, 0.3) is 11.4 Å². The van der Waals surface area contributed by atoms with Crippen LogP contribution in [0.1, 0.15) is 30.3 Å². The molecule has 1 fully saturated rings. The van der Waals surface area contributed by atoms with Crippen molar-refractivity contribution in [1.82, 2.24) is 15.0 Å². The summed E-state index contributed by atoms with van der Waals surface area (Å²) in [6, 6.07) is 9.62. The number of anilines is 1. The van der Waals surface area contributed by atoms with Crippen molar-refractivity contribution < 1.29 is 18.1 Å². The minimum absolute atomic E-state index is 0.207. The predicted molar refractivity (Wildman–Crippen MR) is 98.5 cm³/mol. The summed E-state index contributed by atoms with van der Waals surface area (Å²) in [6.07, 6.45) is 1.39. The first kappa shape index (κ1) is 18.1. The Kier molecular flexibility index (Phi) is 4.77. The van der Waals surface area contributed by atoms with E-state index in [9.17, 15) is 13.6 Å². The molecule has 6 nitrogen and oxygen atoms in total. The second-order valence-corrected chi connectivity index (χ2v) is 6.68. The molecule has 3 aromatic rings. The smallest absolute Gasteiger partial charge is 0.322 e. The van der Waals surface area contributed by atoms with Crippen LogP contribution in [-0.4, -0.2) is 27.6 Å². The van der Waals surface area contributed by atoms with Gasteiger partial charge in [0.2, 0.25) is 11.7 Å². The van der Waals surface area contributed by atoms with Gasteiger partial charge in [-0.05, 0) is 37.5 Å². The Labute approximate surface area is 160 Å². The van der Waals surface area contributed by atoms with Crippen molar-refractivity contribution in [2.45, 2.75) is 25.8 Å². The molecule has 1 saturated heterocycles. The third-order valence-corrected chi connectivity index (χ3v) is 4.80. The molecule has 1 aromatic heterocycles. The standard InChI is InChI=1S/C20H18F2N4O2/c1-12-5-2-3-6-14(12)18-24-19(28-25-18)17-7-4-10-26(17)20(27)23-16-11-13(21)8-9-15(16)22/h2-3,5-6,8-9,11,17H,4,7,10H2,1H3,(H,23,27)/t17-/m1/s1. The normalized spacial score (nSPS) is 16.4. The number of nitrogens with one attached hydrogen (secondary N) is 1. The number of urea groups is 1. The first-order valence-electron chi connectivity index (χ1n) is 8.95. The molecule has 4 rings (SSSR count). The zero-order chi connectivity index (χ0) is 19.7. The summed E-state index contributed by atoms with van der Waals surface area (Å²) in [6.45, 7) is 2.41. The van der Waals surface area contributed by atoms with E-state index in [1.54, 1.807) is 0 Å². The van der Waals surface area contributed by atoms with E-state index in [0.717, 1.165) is 35.7 Å². The second kappa shape index (κ2) is 7.38. The number of hydrogen-bond donors (Lipinski definition) is 1. The van der Waals surface area contributed by atoms with E-state index >= 15 is 0 Å². The summed E-state index contributed by atoms with van der Waals surface area (Å²) < 4.78 is 32.6. The number of nitrogens with zero attached hydrogens (tertiary/aromatic N) is 3. The van der Waals surface area contributed by atoms with Gasteiger partial charge in [0.15, 0.2) is 0 Å². The number of halogens is 2. The van der Waals surface area contributed by atoms with E-state index in [1.807, 2.05) is 31.2 Å². The Morgan fingerprint density at radius 1 is 1.25 bits per heavy atom. The first-order chi connectivity index (χ1) is 13.5. The summed E-state index contributed by atoms with van der Waals surface area (Å²) in [5, 5.41) is 6.46. The maximum atomic E-state index is 13.8. The molecule has 0 aliphatic carbocycles. The molecule has 0 unspecified atom stereocenters. The fourth-order valence-corrected chi connectivity index (χ4v) is 3.35. The van der Waals surface area contributed by atoms with Gasteiger partial charge < -0.3 is 14.7 Å². The number of rotatable bonds is 3. The lowest BCUT2D eigenvalue weighted by atomic mass is 10.1. The van der Waals surface area contributed by atoms with Crippen molar-refractivity contribution in [3.05, 3.63) is 65.6 Å². The van der Waals surface area contributed by atoms with Crippen LogP contribution in [0, 0.1) is 18.6 Å². The van der Waals surface area contributed by atoms with Crippen LogP contribution in [-0.2, 0) is 0 Å². The van der Waals surface area contributed by atoms with Crippen molar-refractivity contribution in [3.63, 3.8) is 0 Å². The molecular formula is C20H18F2N4O2. The van der Waals surface area contributed by atoms with E-state index in [2.05, 4.69) is 15.5 Å². The number of carbonyl (C=O) groups excluding carboxylic acids is 1. The maximum Gasteiger partial charge on any atom is 0.322 e. The fraction of sp³-hybridized carbons (Fsp3) is 0.250. The summed E-state index contributed by atoms with van der Waals surface area (Å²) >= 11 is 0. The third kappa shape index (κ3) is 3.45. The van der Waals surface area contributed by atoms with Crippen molar-refractivity contribution >= 4 is 11.7 Å². The Balaban J connectivity index is 1.55. The minimum Gasteiger partial charge on any atom is -0.337 e. The third-order valence-electron chi connectivity index (χ3n) is 4.80. The van der Waals surface area contributed by atoms with Crippen LogP contribution >= 0.6 is 0 Å². The van der Waals surface area contributed by atoms with Crippen molar-refractivity contribution in [1.29, 1.82) is 0 Å². The van der Waals surface area contributed by atoms with Crippen molar-refractivity contribution in [2.24, 2.45) is 0 Å². The quantitative estimate of drug-likeness (QED) is 0.711. The topological polar surface area (TPSA) is 71.3 Å². The molecule has 0 spiro atoms. The zero-order valence-corrected chi connectivity index (χ0v) is 15.2. The number of hydrogen-bond acceptors (Lipinski definition) is 4. The predicted octanol–water partition coefficient (Wildman–Crippen LogP) is 4.69. The molecule has 28 heavy (non-hydrogen) atoms. The molecule has 8 heteroatoms. The highest BCUT2D eigenvalue weighted by Gasteiger charge is 2.34. The Morgan fingerprint density at radius 2 is 2.07 bits per heavy atom. The van der Waals surface area contributed by atoms with Crippen LogP contribution in [0.3, 0.4) is 0 Å². The first-order valence-corrected chi connectivity index (χ1v) is 8.95. The summed E-state index contributed by atoms with van der Waals surface area (Å²) in [4.78, 5) is 18.6. The lowest BCUT2D eigenvalue weighted by Crippen LogP contribution is -2.34. The van der Waals surface area contributed by atoms with E-state index in [0.29, 0.717) is 24.7 Å². The van der Waals surface area contributed by atoms with Gasteiger partial charge in [0.05, 0.1) is 5.69 Å². The molecule has 144 valence electrons. The van der Waals surface area contributed by atoms with Gasteiger partial charge >= 0.3 is 6.03 Å². The molecule has 2 aromatic carbocycles. The molecule has 0 saturated carbocycles. The largest absolute Gasteiger partial charge is 0.337 e. The highest BCUT2D eigenvalue weighted by molar-refractivity contribution is 5.89. The maximum absolute atomic E-state index is 13.8. The summed E-state index contributed by atoms with van der Waals surface area (Å²) in [5.41, 5.74) is 1.66. The van der Waals surface area contributed by atoms with Gasteiger partial charge in [0.25, 0.3) is 0 Å². The van der Waals surface area contributed by atoms with Crippen LogP contribution in [0.15, 0.2) is 47.0 Å². The Hall–Kier alpha value is -3.29. The Bertz CT molecular complexity index is 1020. The number of likely N-dealkylation sites (tertiary alicyclic amines) is 1. The average molecular weight is 384 g/mol. The number of aromatic nitrogens is 2. The lowest BCUT2D eigenvalue weighted by molar-refractivity contribution is 0.193. The highest BCUT2D eigenvalue weighted by atomic mass is 19.1. The molecule has 1 N–H and O–H groups in total. The fourth-order valence-electron chi connectivity index (χ4n) is 3.35. The van der Waals surface area contributed by atoms with Gasteiger partial charge in [-0.2, -0.15) is 4.98 Å². The van der Waals surface area contributed by atoms with Crippen LogP contribution in [0.4, 0.5) is 19.3 Å². The molecule has 2 heterocycles. The van der Waals surface area contributed by atoms with E-state index in [-0.39, 0.29) is 5.69 Å². The van der Waals surface area contributed by atoms with Gasteiger partial charge in [-0.3, -0.25) is 0 Å². The molecule has 0 radical (unpaired) electrons. The second-order valence-electron chi connectivity index (χ2n) is 6.68. The zero-order valence-electron chi connectivity index (χ0n) is 15.2. The highest BCUT2D eigenvalue weighted by Crippen LogP contribution is 2.33. The van der Waals surface area contributed by atoms with Crippen LogP contribution in [0.5, 0.6) is 0 Å². The molecule has 2 amide bonds. The van der Waals surface area contributed by atoms with Crippen molar-refractivity contribution in [2.75, 3.05) is 11.9 Å². The average Bonchev–Trinajstić information content (AvgIpc) is 3.34. The summed E-state index contributed by atoms with van der Waals surface area (Å²) in [7, 11) is 0. The van der Waals surface area contributed by atoms with Gasteiger partial charge in [-0.15, -0.1) is 0 Å². The Morgan fingerprint density at radius 3 is 2.89 bits per heavy atom.